The molecule has 2 aliphatic heterocycles. The highest BCUT2D eigenvalue weighted by molar-refractivity contribution is 7.91. The SMILES string of the molecule is CCOC(=O)N1CCC(Nc2ccnc(NC3CCS(=O)(=O)C3)n2)CC1. The highest BCUT2D eigenvalue weighted by Crippen LogP contribution is 2.18. The van der Waals surface area contributed by atoms with Crippen LogP contribution in [0.25, 0.3) is 0 Å². The number of nitrogens with one attached hydrogen (secondary N) is 2. The van der Waals surface area contributed by atoms with E-state index in [9.17, 15) is 13.2 Å². The van der Waals surface area contributed by atoms with E-state index in [1.165, 1.54) is 0 Å². The van der Waals surface area contributed by atoms with Crippen LogP contribution in [0.4, 0.5) is 16.6 Å². The summed E-state index contributed by atoms with van der Waals surface area (Å²) in [7, 11) is -2.94. The maximum Gasteiger partial charge on any atom is 0.409 e. The predicted molar refractivity (Wildman–Crippen MR) is 98.0 cm³/mol. The summed E-state index contributed by atoms with van der Waals surface area (Å²) in [5.74, 6) is 1.46. The fourth-order valence-corrected chi connectivity index (χ4v) is 4.90. The number of carbonyl (C=O) groups is 1. The Kier molecular flexibility index (Phi) is 5.80. The highest BCUT2D eigenvalue weighted by Gasteiger charge is 2.28. The zero-order valence-electron chi connectivity index (χ0n) is 14.8. The largest absolute Gasteiger partial charge is 0.450 e. The lowest BCUT2D eigenvalue weighted by atomic mass is 10.1. The predicted octanol–water partition coefficient (Wildman–Crippen LogP) is 1.11. The van der Waals surface area contributed by atoms with Gasteiger partial charge in [-0.05, 0) is 32.3 Å². The number of hydrogen-bond donors (Lipinski definition) is 2. The molecule has 0 saturated carbocycles. The van der Waals surface area contributed by atoms with E-state index in [1.807, 2.05) is 0 Å². The Morgan fingerprint density at radius 3 is 2.69 bits per heavy atom. The van der Waals surface area contributed by atoms with E-state index < -0.39 is 9.84 Å². The topological polar surface area (TPSA) is 114 Å². The Hall–Kier alpha value is -2.10. The molecule has 2 aliphatic rings. The number of amides is 1. The molecule has 1 amide bonds. The molecule has 144 valence electrons. The van der Waals surface area contributed by atoms with Crippen molar-refractivity contribution >= 4 is 27.7 Å². The minimum Gasteiger partial charge on any atom is -0.450 e. The maximum absolute atomic E-state index is 11.7. The monoisotopic (exact) mass is 383 g/mol. The van der Waals surface area contributed by atoms with Crippen LogP contribution >= 0.6 is 0 Å². The molecule has 2 fully saturated rings. The number of nitrogens with zero attached hydrogens (tertiary/aromatic N) is 3. The van der Waals surface area contributed by atoms with Gasteiger partial charge < -0.3 is 20.3 Å². The quantitative estimate of drug-likeness (QED) is 0.777. The van der Waals surface area contributed by atoms with E-state index in [-0.39, 0.29) is 29.7 Å². The molecule has 0 spiro atoms. The van der Waals surface area contributed by atoms with E-state index in [2.05, 4.69) is 20.6 Å². The fraction of sp³-hybridized carbons (Fsp3) is 0.688. The van der Waals surface area contributed by atoms with Crippen molar-refractivity contribution < 1.29 is 17.9 Å². The third kappa shape index (κ3) is 4.96. The summed E-state index contributed by atoms with van der Waals surface area (Å²) in [6, 6.07) is 1.87. The molecule has 0 aromatic carbocycles. The summed E-state index contributed by atoms with van der Waals surface area (Å²) >= 11 is 0. The van der Waals surface area contributed by atoms with Crippen molar-refractivity contribution in [3.8, 4) is 0 Å². The third-order valence-corrected chi connectivity index (χ3v) is 6.36. The summed E-state index contributed by atoms with van der Waals surface area (Å²) in [5.41, 5.74) is 0. The van der Waals surface area contributed by atoms with Gasteiger partial charge >= 0.3 is 6.09 Å². The smallest absolute Gasteiger partial charge is 0.409 e. The second-order valence-corrected chi connectivity index (χ2v) is 8.84. The van der Waals surface area contributed by atoms with E-state index in [0.717, 1.165) is 12.8 Å². The van der Waals surface area contributed by atoms with Gasteiger partial charge in [-0.1, -0.05) is 0 Å². The molecule has 2 saturated heterocycles. The highest BCUT2D eigenvalue weighted by atomic mass is 32.2. The van der Waals surface area contributed by atoms with Crippen LogP contribution in [0.5, 0.6) is 0 Å². The standard InChI is InChI=1S/C16H25N5O4S/c1-2-25-16(22)21-8-4-12(5-9-21)18-14-3-7-17-15(20-14)19-13-6-10-26(23,24)11-13/h3,7,12-13H,2,4-6,8-11H2,1H3,(H2,17,18,19,20). The van der Waals surface area contributed by atoms with E-state index in [0.29, 0.717) is 37.9 Å². The van der Waals surface area contributed by atoms with Crippen LogP contribution in [0.3, 0.4) is 0 Å². The zero-order chi connectivity index (χ0) is 18.6. The van der Waals surface area contributed by atoms with Gasteiger partial charge in [0.1, 0.15) is 5.82 Å². The molecule has 3 heterocycles. The number of ether oxygens (including phenoxy) is 1. The van der Waals surface area contributed by atoms with Crippen molar-refractivity contribution in [2.45, 2.75) is 38.3 Å². The summed E-state index contributed by atoms with van der Waals surface area (Å²) in [6.07, 6.45) is 3.59. The van der Waals surface area contributed by atoms with Gasteiger partial charge in [0, 0.05) is 31.4 Å². The van der Waals surface area contributed by atoms with Crippen LogP contribution in [-0.2, 0) is 14.6 Å². The Morgan fingerprint density at radius 2 is 2.04 bits per heavy atom. The second kappa shape index (κ2) is 8.07. The molecule has 1 aromatic rings. The van der Waals surface area contributed by atoms with Gasteiger partial charge in [-0.15, -0.1) is 0 Å². The molecule has 0 bridgehead atoms. The number of hydrogen-bond acceptors (Lipinski definition) is 8. The fourth-order valence-electron chi connectivity index (χ4n) is 3.23. The van der Waals surface area contributed by atoms with Gasteiger partial charge in [-0.2, -0.15) is 4.98 Å². The second-order valence-electron chi connectivity index (χ2n) is 6.61. The summed E-state index contributed by atoms with van der Waals surface area (Å²) < 4.78 is 28.1. The number of likely N-dealkylation sites (tertiary alicyclic amines) is 1. The summed E-state index contributed by atoms with van der Waals surface area (Å²) in [5, 5.41) is 6.47. The number of rotatable bonds is 5. The normalized spacial score (nSPS) is 22.8. The molecule has 10 heteroatoms. The molecule has 1 atom stereocenters. The van der Waals surface area contributed by atoms with E-state index in [4.69, 9.17) is 4.74 Å². The first-order valence-corrected chi connectivity index (χ1v) is 10.8. The van der Waals surface area contributed by atoms with Crippen LogP contribution in [0.15, 0.2) is 12.3 Å². The average molecular weight is 383 g/mol. The van der Waals surface area contributed by atoms with Gasteiger partial charge in [-0.25, -0.2) is 18.2 Å². The lowest BCUT2D eigenvalue weighted by Gasteiger charge is -2.31. The zero-order valence-corrected chi connectivity index (χ0v) is 15.7. The van der Waals surface area contributed by atoms with Crippen LogP contribution in [0.2, 0.25) is 0 Å². The molecular weight excluding hydrogens is 358 g/mol. The first kappa shape index (κ1) is 18.7. The summed E-state index contributed by atoms with van der Waals surface area (Å²) in [4.78, 5) is 22.0. The van der Waals surface area contributed by atoms with Gasteiger partial charge in [0.15, 0.2) is 9.84 Å². The van der Waals surface area contributed by atoms with Gasteiger partial charge in [0.2, 0.25) is 5.95 Å². The molecule has 1 unspecified atom stereocenters. The molecule has 9 nitrogen and oxygen atoms in total. The Bertz CT molecular complexity index is 734. The van der Waals surface area contributed by atoms with E-state index >= 15 is 0 Å². The number of anilines is 2. The van der Waals surface area contributed by atoms with Crippen molar-refractivity contribution in [1.29, 1.82) is 0 Å². The minimum absolute atomic E-state index is 0.125. The maximum atomic E-state index is 11.7. The number of sulfone groups is 1. The molecule has 0 aliphatic carbocycles. The average Bonchev–Trinajstić information content (AvgIpc) is 2.94. The number of piperidine rings is 1. The van der Waals surface area contributed by atoms with Gasteiger partial charge in [0.05, 0.1) is 18.1 Å². The van der Waals surface area contributed by atoms with Crippen molar-refractivity contribution in [1.82, 2.24) is 14.9 Å². The third-order valence-electron chi connectivity index (χ3n) is 4.59. The minimum atomic E-state index is -2.94. The molecule has 26 heavy (non-hydrogen) atoms. The lowest BCUT2D eigenvalue weighted by Crippen LogP contribution is -2.42. The molecule has 2 N–H and O–H groups in total. The van der Waals surface area contributed by atoms with Crippen LogP contribution in [0, 0.1) is 0 Å². The van der Waals surface area contributed by atoms with Crippen molar-refractivity contribution in [3.05, 3.63) is 12.3 Å². The molecule has 0 radical (unpaired) electrons. The first-order valence-electron chi connectivity index (χ1n) is 8.93. The molecule has 1 aromatic heterocycles. The Balaban J connectivity index is 1.51. The van der Waals surface area contributed by atoms with Crippen molar-refractivity contribution in [2.75, 3.05) is 41.8 Å². The summed E-state index contributed by atoms with van der Waals surface area (Å²) in [6.45, 7) is 3.48. The first-order chi connectivity index (χ1) is 12.4. The molecule has 3 rings (SSSR count). The Labute approximate surface area is 153 Å². The van der Waals surface area contributed by atoms with Gasteiger partial charge in [-0.3, -0.25) is 0 Å². The number of aromatic nitrogens is 2. The van der Waals surface area contributed by atoms with Gasteiger partial charge in [0.25, 0.3) is 0 Å². The molecular formula is C16H25N5O4S. The Morgan fingerprint density at radius 1 is 1.27 bits per heavy atom. The lowest BCUT2D eigenvalue weighted by molar-refractivity contribution is 0.0983. The van der Waals surface area contributed by atoms with Crippen molar-refractivity contribution in [3.63, 3.8) is 0 Å². The van der Waals surface area contributed by atoms with Crippen molar-refractivity contribution in [2.24, 2.45) is 0 Å². The van der Waals surface area contributed by atoms with Crippen LogP contribution in [-0.4, -0.2) is 72.7 Å². The van der Waals surface area contributed by atoms with E-state index in [1.54, 1.807) is 24.1 Å². The number of carbonyl (C=O) groups excluding carboxylic acids is 1. The van der Waals surface area contributed by atoms with Crippen LogP contribution in [0.1, 0.15) is 26.2 Å². The van der Waals surface area contributed by atoms with Crippen LogP contribution < -0.4 is 10.6 Å².